The number of nitrogens with zero attached hydrogens (tertiary/aromatic N) is 2. The van der Waals surface area contributed by atoms with Crippen LogP contribution in [0.1, 0.15) is 44.7 Å². The second kappa shape index (κ2) is 8.18. The molecule has 2 rings (SSSR count). The van der Waals surface area contributed by atoms with Gasteiger partial charge in [0.05, 0.1) is 34.4 Å². The zero-order valence-corrected chi connectivity index (χ0v) is 16.0. The number of aryl methyl sites for hydroxylation is 2. The Hall–Kier alpha value is -2.31. The van der Waals surface area contributed by atoms with E-state index in [2.05, 4.69) is 21.4 Å². The molecule has 1 amide bonds. The van der Waals surface area contributed by atoms with Gasteiger partial charge < -0.3 is 9.72 Å². The highest BCUT2D eigenvalue weighted by Gasteiger charge is 2.24. The number of rotatable bonds is 6. The van der Waals surface area contributed by atoms with E-state index in [0.29, 0.717) is 39.8 Å². The summed E-state index contributed by atoms with van der Waals surface area (Å²) in [6.07, 6.45) is 0.573. The van der Waals surface area contributed by atoms with Crippen LogP contribution in [0.2, 0.25) is 0 Å². The maximum atomic E-state index is 12.6. The zero-order chi connectivity index (χ0) is 18.6. The molecule has 2 aromatic heterocycles. The van der Waals surface area contributed by atoms with E-state index in [9.17, 15) is 9.59 Å². The predicted octanol–water partition coefficient (Wildman–Crippen LogP) is 3.31. The maximum Gasteiger partial charge on any atom is 0.339 e. The van der Waals surface area contributed by atoms with Crippen LogP contribution in [-0.2, 0) is 11.2 Å². The Morgan fingerprint density at radius 3 is 2.76 bits per heavy atom. The van der Waals surface area contributed by atoms with Crippen molar-refractivity contribution in [3.05, 3.63) is 28.2 Å². The summed E-state index contributed by atoms with van der Waals surface area (Å²) < 4.78 is 5.69. The largest absolute Gasteiger partial charge is 0.465 e. The monoisotopic (exact) mass is 378 g/mol. The summed E-state index contributed by atoms with van der Waals surface area (Å²) in [7, 11) is 1.31. The topological polar surface area (TPSA) is 108 Å². The lowest BCUT2D eigenvalue weighted by molar-refractivity contribution is 0.0599. The minimum atomic E-state index is -0.468. The lowest BCUT2D eigenvalue weighted by Gasteiger charge is -2.02. The van der Waals surface area contributed by atoms with E-state index >= 15 is 0 Å². The van der Waals surface area contributed by atoms with Crippen LogP contribution in [-0.4, -0.2) is 34.7 Å². The van der Waals surface area contributed by atoms with Gasteiger partial charge in [0.1, 0.15) is 5.69 Å². The van der Waals surface area contributed by atoms with Gasteiger partial charge in [0.15, 0.2) is 5.13 Å². The third-order valence-corrected chi connectivity index (χ3v) is 5.84. The van der Waals surface area contributed by atoms with Crippen LogP contribution >= 0.6 is 23.1 Å². The average molecular weight is 378 g/mol. The fourth-order valence-electron chi connectivity index (χ4n) is 2.36. The van der Waals surface area contributed by atoms with Crippen LogP contribution < -0.4 is 5.32 Å². The summed E-state index contributed by atoms with van der Waals surface area (Å²) in [6.45, 7) is 5.43. The average Bonchev–Trinajstić information content (AvgIpc) is 3.11. The summed E-state index contributed by atoms with van der Waals surface area (Å²) in [4.78, 5) is 31.8. The van der Waals surface area contributed by atoms with Crippen LogP contribution in [0.3, 0.4) is 0 Å². The van der Waals surface area contributed by atoms with Crippen molar-refractivity contribution in [2.24, 2.45) is 0 Å². The number of nitriles is 1. The first-order chi connectivity index (χ1) is 11.9. The fraction of sp³-hybridized carbons (Fsp3) is 0.375. The first-order valence-electron chi connectivity index (χ1n) is 7.51. The highest BCUT2D eigenvalue weighted by atomic mass is 32.2. The number of carbonyl (C=O) groups excluding carboxylic acids is 2. The Bertz CT molecular complexity index is 848. The second-order valence-electron chi connectivity index (χ2n) is 5.12. The molecule has 25 heavy (non-hydrogen) atoms. The first-order valence-corrected chi connectivity index (χ1v) is 9.31. The van der Waals surface area contributed by atoms with E-state index in [4.69, 9.17) is 10.00 Å². The minimum absolute atomic E-state index is 0.316. The number of aromatic amines is 1. The number of ether oxygens (including phenoxy) is 1. The number of carbonyl (C=O) groups is 2. The highest BCUT2D eigenvalue weighted by Crippen LogP contribution is 2.32. The molecule has 0 saturated carbocycles. The molecule has 9 heteroatoms. The Kier molecular flexibility index (Phi) is 6.22. The smallest absolute Gasteiger partial charge is 0.339 e. The number of nitrogens with one attached hydrogen (secondary N) is 2. The van der Waals surface area contributed by atoms with Crippen molar-refractivity contribution in [1.82, 2.24) is 9.97 Å². The van der Waals surface area contributed by atoms with Crippen molar-refractivity contribution in [3.63, 3.8) is 0 Å². The van der Waals surface area contributed by atoms with Gasteiger partial charge in [-0.3, -0.25) is 10.1 Å². The quantitative estimate of drug-likeness (QED) is 0.590. The van der Waals surface area contributed by atoms with Gasteiger partial charge in [-0.25, -0.2) is 9.78 Å². The molecule has 0 atom stereocenters. The van der Waals surface area contributed by atoms with E-state index in [-0.39, 0.29) is 5.91 Å². The van der Waals surface area contributed by atoms with Gasteiger partial charge in [0.2, 0.25) is 0 Å². The number of hydrogen-bond donors (Lipinski definition) is 2. The van der Waals surface area contributed by atoms with Crippen LogP contribution in [0.4, 0.5) is 5.13 Å². The number of aromatic nitrogens is 2. The van der Waals surface area contributed by atoms with Crippen molar-refractivity contribution in [2.75, 3.05) is 18.2 Å². The molecule has 7 nitrogen and oxygen atoms in total. The molecule has 132 valence electrons. The molecule has 0 saturated heterocycles. The number of thiazole rings is 1. The molecule has 0 spiro atoms. The van der Waals surface area contributed by atoms with Crippen molar-refractivity contribution in [2.45, 2.75) is 31.4 Å². The molecular weight excluding hydrogens is 360 g/mol. The number of esters is 1. The Labute approximate surface area is 153 Å². The Balaban J connectivity index is 2.26. The Morgan fingerprint density at radius 1 is 1.44 bits per heavy atom. The van der Waals surface area contributed by atoms with Crippen LogP contribution in [0, 0.1) is 25.2 Å². The number of anilines is 1. The second-order valence-corrected chi connectivity index (χ2v) is 7.36. The number of hydrogen-bond acceptors (Lipinski definition) is 7. The normalized spacial score (nSPS) is 10.4. The molecule has 0 aliphatic heterocycles. The molecule has 0 aromatic carbocycles. The Morgan fingerprint density at radius 2 is 2.16 bits per heavy atom. The van der Waals surface area contributed by atoms with Crippen LogP contribution in [0.5, 0.6) is 0 Å². The zero-order valence-electron chi connectivity index (χ0n) is 14.3. The highest BCUT2D eigenvalue weighted by molar-refractivity contribution is 8.01. The van der Waals surface area contributed by atoms with Crippen molar-refractivity contribution in [1.29, 1.82) is 5.26 Å². The minimum Gasteiger partial charge on any atom is -0.465 e. The van der Waals surface area contributed by atoms with Crippen molar-refractivity contribution in [3.8, 4) is 6.07 Å². The molecule has 2 aromatic rings. The summed E-state index contributed by atoms with van der Waals surface area (Å²) in [5.41, 5.74) is 2.70. The van der Waals surface area contributed by atoms with Crippen LogP contribution in [0.25, 0.3) is 0 Å². The van der Waals surface area contributed by atoms with E-state index in [1.165, 1.54) is 30.2 Å². The van der Waals surface area contributed by atoms with Gasteiger partial charge >= 0.3 is 5.97 Å². The van der Waals surface area contributed by atoms with Gasteiger partial charge in [-0.15, -0.1) is 0 Å². The van der Waals surface area contributed by atoms with Gasteiger partial charge in [0, 0.05) is 5.69 Å². The molecule has 0 unspecified atom stereocenters. The number of amides is 1. The van der Waals surface area contributed by atoms with Crippen molar-refractivity contribution >= 4 is 40.1 Å². The molecule has 2 N–H and O–H groups in total. The first kappa shape index (κ1) is 19.0. The molecular formula is C16H18N4O3S2. The van der Waals surface area contributed by atoms with Gasteiger partial charge in [-0.2, -0.15) is 5.26 Å². The van der Waals surface area contributed by atoms with Gasteiger partial charge in [-0.1, -0.05) is 30.0 Å². The van der Waals surface area contributed by atoms with E-state index in [0.717, 1.165) is 9.90 Å². The van der Waals surface area contributed by atoms with Crippen molar-refractivity contribution < 1.29 is 14.3 Å². The van der Waals surface area contributed by atoms with Gasteiger partial charge in [-0.05, 0) is 25.8 Å². The number of methoxy groups -OCH3 is 1. The summed E-state index contributed by atoms with van der Waals surface area (Å²) in [6, 6.07) is 2.06. The summed E-state index contributed by atoms with van der Waals surface area (Å²) >= 11 is 2.70. The third kappa shape index (κ3) is 4.03. The van der Waals surface area contributed by atoms with E-state index in [1.807, 2.05) is 13.8 Å². The molecule has 0 radical (unpaired) electrons. The molecule has 2 heterocycles. The molecule has 0 aliphatic rings. The lowest BCUT2D eigenvalue weighted by atomic mass is 10.1. The number of H-pyrrole nitrogens is 1. The summed E-state index contributed by atoms with van der Waals surface area (Å²) in [5.74, 6) is -0.507. The van der Waals surface area contributed by atoms with Crippen LogP contribution in [0.15, 0.2) is 4.21 Å². The van der Waals surface area contributed by atoms with Gasteiger partial charge in [0.25, 0.3) is 5.91 Å². The standard InChI is InChI=1S/C16H18N4O3S2/c1-5-10-11(14(22)23-4)8(2)12(19-10)13(21)20-16-18-9(3)15(25-16)24-7-6-17/h19H,5,7H2,1-4H3,(H,18,20,21). The molecule has 0 aliphatic carbocycles. The SMILES string of the molecule is CCc1[nH]c(C(=O)Nc2nc(C)c(SCC#N)s2)c(C)c1C(=O)OC. The molecule has 0 bridgehead atoms. The van der Waals surface area contributed by atoms with E-state index in [1.54, 1.807) is 6.92 Å². The predicted molar refractivity (Wildman–Crippen MR) is 97.4 cm³/mol. The molecule has 0 fully saturated rings. The summed E-state index contributed by atoms with van der Waals surface area (Å²) in [5, 5.41) is 11.9. The maximum absolute atomic E-state index is 12.6. The fourth-order valence-corrected chi connectivity index (χ4v) is 4.15. The lowest BCUT2D eigenvalue weighted by Crippen LogP contribution is -2.14. The van der Waals surface area contributed by atoms with E-state index < -0.39 is 5.97 Å². The third-order valence-electron chi connectivity index (χ3n) is 3.54. The number of thioether (sulfide) groups is 1.